The molecule has 3 aromatic rings. The summed E-state index contributed by atoms with van der Waals surface area (Å²) in [5, 5.41) is 0. The number of hydrogen-bond acceptors (Lipinski definition) is 6. The van der Waals surface area contributed by atoms with Gasteiger partial charge in [-0.15, -0.1) is 0 Å². The van der Waals surface area contributed by atoms with Crippen LogP contribution in [0.3, 0.4) is 0 Å². The summed E-state index contributed by atoms with van der Waals surface area (Å²) in [6.45, 7) is 3.34. The van der Waals surface area contributed by atoms with Gasteiger partial charge in [0.25, 0.3) is 0 Å². The maximum atomic E-state index is 12.6. The number of anilines is 1. The molecule has 7 nitrogen and oxygen atoms in total. The van der Waals surface area contributed by atoms with Gasteiger partial charge in [-0.2, -0.15) is 0 Å². The molecule has 2 aliphatic rings. The van der Waals surface area contributed by atoms with Crippen LogP contribution in [0.4, 0.5) is 5.82 Å². The second-order valence-corrected chi connectivity index (χ2v) is 9.21. The molecule has 2 fully saturated rings. The number of carbonyl (C=O) groups excluding carboxylic acids is 1. The van der Waals surface area contributed by atoms with Crippen LogP contribution in [0.5, 0.6) is 5.75 Å². The standard InChI is InChI=1S/C28H32N4O3/c1-34-19-25-24(18-20-7-6-10-23(17-20)35-2)27(30-26(29-25)21-8-4-3-5-9-21)31-13-15-32(16-14-31)28(33)22-11-12-22/h3-10,17,22H,11-16,18-19H2,1-2H3. The normalized spacial score (nSPS) is 15.8. The highest BCUT2D eigenvalue weighted by atomic mass is 16.5. The van der Waals surface area contributed by atoms with E-state index >= 15 is 0 Å². The molecule has 0 unspecified atom stereocenters. The molecule has 2 heterocycles. The Morgan fingerprint density at radius 1 is 0.971 bits per heavy atom. The fourth-order valence-electron chi connectivity index (χ4n) is 4.65. The molecule has 1 saturated carbocycles. The van der Waals surface area contributed by atoms with E-state index in [1.165, 1.54) is 0 Å². The summed E-state index contributed by atoms with van der Waals surface area (Å²) >= 11 is 0. The molecular formula is C28H32N4O3. The number of aromatic nitrogens is 2. The van der Waals surface area contributed by atoms with Gasteiger partial charge in [-0.3, -0.25) is 4.79 Å². The molecule has 1 aromatic heterocycles. The summed E-state index contributed by atoms with van der Waals surface area (Å²) in [5.74, 6) is 3.01. The first-order valence-corrected chi connectivity index (χ1v) is 12.3. The van der Waals surface area contributed by atoms with Crippen LogP contribution in [-0.2, 0) is 22.6 Å². The highest BCUT2D eigenvalue weighted by molar-refractivity contribution is 5.81. The first kappa shape index (κ1) is 23.3. The number of piperazine rings is 1. The SMILES string of the molecule is COCc1nc(-c2ccccc2)nc(N2CCN(C(=O)C3CC3)CC2)c1Cc1cccc(OC)c1. The average molecular weight is 473 g/mol. The van der Waals surface area contributed by atoms with E-state index in [9.17, 15) is 4.79 Å². The van der Waals surface area contributed by atoms with E-state index in [0.29, 0.717) is 24.8 Å². The van der Waals surface area contributed by atoms with Gasteiger partial charge in [0.15, 0.2) is 5.82 Å². The monoisotopic (exact) mass is 472 g/mol. The molecule has 1 aliphatic carbocycles. The number of rotatable bonds is 8. The number of carbonyl (C=O) groups is 1. The highest BCUT2D eigenvalue weighted by Gasteiger charge is 2.35. The average Bonchev–Trinajstić information content (AvgIpc) is 3.76. The van der Waals surface area contributed by atoms with Crippen LogP contribution in [-0.4, -0.2) is 61.2 Å². The van der Waals surface area contributed by atoms with Gasteiger partial charge in [-0.05, 0) is 30.5 Å². The summed E-state index contributed by atoms with van der Waals surface area (Å²) in [5.41, 5.74) is 4.04. The van der Waals surface area contributed by atoms with Crippen LogP contribution in [0.25, 0.3) is 11.4 Å². The van der Waals surface area contributed by atoms with Gasteiger partial charge in [0.1, 0.15) is 11.6 Å². The Morgan fingerprint density at radius 3 is 2.43 bits per heavy atom. The van der Waals surface area contributed by atoms with E-state index in [0.717, 1.165) is 73.0 Å². The van der Waals surface area contributed by atoms with Crippen molar-refractivity contribution in [3.8, 4) is 17.1 Å². The van der Waals surface area contributed by atoms with Gasteiger partial charge in [0.05, 0.1) is 19.4 Å². The quantitative estimate of drug-likeness (QED) is 0.495. The Morgan fingerprint density at radius 2 is 1.74 bits per heavy atom. The maximum Gasteiger partial charge on any atom is 0.225 e. The number of nitrogens with zero attached hydrogens (tertiary/aromatic N) is 4. The van der Waals surface area contributed by atoms with E-state index in [-0.39, 0.29) is 5.92 Å². The summed E-state index contributed by atoms with van der Waals surface area (Å²) in [7, 11) is 3.38. The van der Waals surface area contributed by atoms with Crippen molar-refractivity contribution in [2.24, 2.45) is 5.92 Å². The summed E-state index contributed by atoms with van der Waals surface area (Å²) in [6.07, 6.45) is 2.74. The van der Waals surface area contributed by atoms with Gasteiger partial charge < -0.3 is 19.3 Å². The first-order chi connectivity index (χ1) is 17.2. The lowest BCUT2D eigenvalue weighted by molar-refractivity contribution is -0.132. The molecule has 7 heteroatoms. The second kappa shape index (κ2) is 10.4. The zero-order chi connectivity index (χ0) is 24.2. The minimum Gasteiger partial charge on any atom is -0.497 e. The molecule has 0 N–H and O–H groups in total. The first-order valence-electron chi connectivity index (χ1n) is 12.3. The molecular weight excluding hydrogens is 440 g/mol. The molecule has 35 heavy (non-hydrogen) atoms. The fourth-order valence-corrected chi connectivity index (χ4v) is 4.65. The summed E-state index contributed by atoms with van der Waals surface area (Å²) in [6, 6.07) is 18.2. The lowest BCUT2D eigenvalue weighted by Gasteiger charge is -2.37. The third-order valence-electron chi connectivity index (χ3n) is 6.72. The molecule has 1 amide bonds. The Bertz CT molecular complexity index is 1170. The van der Waals surface area contributed by atoms with Crippen molar-refractivity contribution in [1.29, 1.82) is 0 Å². The van der Waals surface area contributed by atoms with Crippen LogP contribution >= 0.6 is 0 Å². The maximum absolute atomic E-state index is 12.6. The van der Waals surface area contributed by atoms with Crippen molar-refractivity contribution in [1.82, 2.24) is 14.9 Å². The van der Waals surface area contributed by atoms with Crippen molar-refractivity contribution < 1.29 is 14.3 Å². The molecule has 2 aromatic carbocycles. The minimum atomic E-state index is 0.252. The number of benzene rings is 2. The highest BCUT2D eigenvalue weighted by Crippen LogP contribution is 2.33. The van der Waals surface area contributed by atoms with E-state index in [1.807, 2.05) is 47.4 Å². The number of hydrogen-bond donors (Lipinski definition) is 0. The number of ether oxygens (including phenoxy) is 2. The molecule has 1 aliphatic heterocycles. The van der Waals surface area contributed by atoms with E-state index in [1.54, 1.807) is 14.2 Å². The van der Waals surface area contributed by atoms with Crippen molar-refractivity contribution in [3.05, 3.63) is 71.4 Å². The topological polar surface area (TPSA) is 67.8 Å². The molecule has 1 saturated heterocycles. The van der Waals surface area contributed by atoms with Crippen LogP contribution in [0.1, 0.15) is 29.7 Å². The lowest BCUT2D eigenvalue weighted by Crippen LogP contribution is -2.49. The van der Waals surface area contributed by atoms with Gasteiger partial charge in [0, 0.05) is 56.8 Å². The van der Waals surface area contributed by atoms with Crippen LogP contribution in [0, 0.1) is 5.92 Å². The van der Waals surface area contributed by atoms with E-state index in [2.05, 4.69) is 17.0 Å². The molecule has 0 spiro atoms. The molecule has 0 atom stereocenters. The third kappa shape index (κ3) is 5.30. The van der Waals surface area contributed by atoms with E-state index < -0.39 is 0 Å². The van der Waals surface area contributed by atoms with Gasteiger partial charge in [0.2, 0.25) is 5.91 Å². The Kier molecular flexibility index (Phi) is 6.95. The van der Waals surface area contributed by atoms with Gasteiger partial charge in [-0.1, -0.05) is 42.5 Å². The predicted molar refractivity (Wildman–Crippen MR) is 135 cm³/mol. The van der Waals surface area contributed by atoms with Crippen molar-refractivity contribution in [2.75, 3.05) is 45.3 Å². The van der Waals surface area contributed by atoms with E-state index in [4.69, 9.17) is 19.4 Å². The molecule has 182 valence electrons. The van der Waals surface area contributed by atoms with Crippen LogP contribution in [0.15, 0.2) is 54.6 Å². The third-order valence-corrected chi connectivity index (χ3v) is 6.72. The fraction of sp³-hybridized carbons (Fsp3) is 0.393. The zero-order valence-corrected chi connectivity index (χ0v) is 20.4. The molecule has 0 radical (unpaired) electrons. The Balaban J connectivity index is 1.52. The predicted octanol–water partition coefficient (Wildman–Crippen LogP) is 3.95. The zero-order valence-electron chi connectivity index (χ0n) is 20.4. The van der Waals surface area contributed by atoms with Gasteiger partial charge in [-0.25, -0.2) is 9.97 Å². The van der Waals surface area contributed by atoms with Crippen molar-refractivity contribution in [3.63, 3.8) is 0 Å². The largest absolute Gasteiger partial charge is 0.497 e. The Labute approximate surface area is 206 Å². The Hall–Kier alpha value is -3.45. The molecule has 5 rings (SSSR count). The van der Waals surface area contributed by atoms with Crippen molar-refractivity contribution in [2.45, 2.75) is 25.9 Å². The number of methoxy groups -OCH3 is 2. The number of amides is 1. The van der Waals surface area contributed by atoms with Crippen LogP contribution < -0.4 is 9.64 Å². The molecule has 0 bridgehead atoms. The van der Waals surface area contributed by atoms with Crippen LogP contribution in [0.2, 0.25) is 0 Å². The summed E-state index contributed by atoms with van der Waals surface area (Å²) in [4.78, 5) is 27.0. The van der Waals surface area contributed by atoms with Gasteiger partial charge >= 0.3 is 0 Å². The minimum absolute atomic E-state index is 0.252. The smallest absolute Gasteiger partial charge is 0.225 e. The summed E-state index contributed by atoms with van der Waals surface area (Å²) < 4.78 is 11.0. The second-order valence-electron chi connectivity index (χ2n) is 9.21. The lowest BCUT2D eigenvalue weighted by atomic mass is 10.0. The van der Waals surface area contributed by atoms with Crippen molar-refractivity contribution >= 4 is 11.7 Å².